The molecule has 0 aliphatic rings. The summed E-state index contributed by atoms with van der Waals surface area (Å²) in [5.41, 5.74) is 0. The van der Waals surface area contributed by atoms with Crippen molar-refractivity contribution in [3.63, 3.8) is 0 Å². The summed E-state index contributed by atoms with van der Waals surface area (Å²) in [7, 11) is 0. The first-order valence-electron chi connectivity index (χ1n) is 2.14. The molecular formula is C4H12Ca2O5. The van der Waals surface area contributed by atoms with Gasteiger partial charge in [-0.3, -0.25) is 4.79 Å². The summed E-state index contributed by atoms with van der Waals surface area (Å²) in [6.07, 6.45) is -1.61. The first-order valence-corrected chi connectivity index (χ1v) is 2.14. The van der Waals surface area contributed by atoms with Gasteiger partial charge in [0.05, 0.1) is 0 Å². The van der Waals surface area contributed by atoms with E-state index >= 15 is 0 Å². The van der Waals surface area contributed by atoms with E-state index in [1.54, 1.807) is 6.92 Å². The van der Waals surface area contributed by atoms with Crippen molar-refractivity contribution < 1.29 is 24.9 Å². The van der Waals surface area contributed by atoms with Gasteiger partial charge in [-0.05, 0) is 0 Å². The Morgan fingerprint density at radius 3 is 1.18 bits per heavy atom. The maximum atomic E-state index is 9.37. The second kappa shape index (κ2) is 17.4. The average molecular weight is 220 g/mol. The van der Waals surface area contributed by atoms with Gasteiger partial charge in [-0.25, -0.2) is 4.79 Å². The van der Waals surface area contributed by atoms with Crippen molar-refractivity contribution in [3.8, 4) is 0 Å². The summed E-state index contributed by atoms with van der Waals surface area (Å²) >= 11 is 0. The van der Waals surface area contributed by atoms with Crippen LogP contribution in [0.25, 0.3) is 0 Å². The van der Waals surface area contributed by atoms with Crippen LogP contribution in [0, 0.1) is 0 Å². The normalized spacial score (nSPS) is 5.55. The third kappa shape index (κ3) is 90.9. The van der Waals surface area contributed by atoms with Crippen molar-refractivity contribution in [1.82, 2.24) is 0 Å². The Hall–Kier alpha value is 1.26. The zero-order valence-electron chi connectivity index (χ0n) is 4.87. The number of carbonyl (C=O) groups is 2. The molecule has 0 radical (unpaired) electrons. The van der Waals surface area contributed by atoms with Crippen LogP contribution < -0.4 is 0 Å². The molecule has 0 saturated heterocycles. The van der Waals surface area contributed by atoms with E-state index in [4.69, 9.17) is 20.1 Å². The van der Waals surface area contributed by atoms with Crippen molar-refractivity contribution in [2.24, 2.45) is 0 Å². The van der Waals surface area contributed by atoms with Gasteiger partial charge in [0, 0.05) is 6.42 Å². The molecule has 0 atom stereocenters. The van der Waals surface area contributed by atoms with E-state index in [1.165, 1.54) is 0 Å². The fourth-order valence-electron chi connectivity index (χ4n) is 0. The zero-order chi connectivity index (χ0) is 7.86. The van der Waals surface area contributed by atoms with Crippen molar-refractivity contribution in [2.75, 3.05) is 0 Å². The maximum absolute atomic E-state index is 9.37. The van der Waals surface area contributed by atoms with Crippen LogP contribution in [0.2, 0.25) is 0 Å². The topological polar surface area (TPSA) is 94.8 Å². The summed E-state index contributed by atoms with van der Waals surface area (Å²) in [6.45, 7) is 1.60. The number of rotatable bonds is 1. The van der Waals surface area contributed by atoms with Gasteiger partial charge in [0.2, 0.25) is 0 Å². The molecule has 0 heterocycles. The van der Waals surface area contributed by atoms with Gasteiger partial charge >= 0.3 is 87.6 Å². The molecule has 0 aliphatic heterocycles. The Labute approximate surface area is 124 Å². The van der Waals surface area contributed by atoms with Gasteiger partial charge in [0.25, 0.3) is 0 Å². The van der Waals surface area contributed by atoms with E-state index in [2.05, 4.69) is 0 Å². The minimum absolute atomic E-state index is 0. The monoisotopic (exact) mass is 220 g/mol. The molecule has 5 nitrogen and oxygen atoms in total. The van der Waals surface area contributed by atoms with E-state index in [9.17, 15) is 4.79 Å². The Balaban J connectivity index is -0.0000000383. The molecule has 0 amide bonds. The number of hydrogen-bond donors (Lipinski definition) is 3. The van der Waals surface area contributed by atoms with Crippen LogP contribution in [-0.2, 0) is 4.79 Å². The van der Waals surface area contributed by atoms with Gasteiger partial charge in [-0.1, -0.05) is 6.92 Å². The van der Waals surface area contributed by atoms with E-state index in [0.29, 0.717) is 0 Å². The first kappa shape index (κ1) is 22.8. The molecule has 0 saturated carbocycles. The van der Waals surface area contributed by atoms with Gasteiger partial charge in [-0.15, -0.1) is 0 Å². The molecule has 0 aromatic heterocycles. The standard InChI is InChI=1S/C3H6O2.CH2O3.2Ca.4H/c1-2-3(4)5;2-1(3)4;;;;;;/h2H2,1H3,(H,4,5);(H2,2,3,4);;;;;;. The quantitative estimate of drug-likeness (QED) is 0.486. The number of carboxylic acid groups (broad SMARTS) is 3. The van der Waals surface area contributed by atoms with Crippen molar-refractivity contribution >= 4 is 87.6 Å². The van der Waals surface area contributed by atoms with E-state index in [-0.39, 0.29) is 81.9 Å². The minimum atomic E-state index is -1.83. The van der Waals surface area contributed by atoms with Gasteiger partial charge < -0.3 is 15.3 Å². The van der Waals surface area contributed by atoms with Crippen LogP contribution in [0.15, 0.2) is 0 Å². The Kier molecular flexibility index (Phi) is 36.0. The average Bonchev–Trinajstić information content (AvgIpc) is 1.65. The molecule has 62 valence electrons. The third-order valence-electron chi connectivity index (χ3n) is 0.302. The fourth-order valence-corrected chi connectivity index (χ4v) is 0. The number of hydrogen-bond acceptors (Lipinski definition) is 2. The molecule has 0 fully saturated rings. The van der Waals surface area contributed by atoms with E-state index in [1.807, 2.05) is 0 Å². The summed E-state index contributed by atoms with van der Waals surface area (Å²) in [5.74, 6) is -0.745. The predicted molar refractivity (Wildman–Crippen MR) is 45.7 cm³/mol. The molecular weight excluding hydrogens is 208 g/mol. The second-order valence-corrected chi connectivity index (χ2v) is 1.03. The van der Waals surface area contributed by atoms with Gasteiger partial charge in [-0.2, -0.15) is 0 Å². The van der Waals surface area contributed by atoms with Gasteiger partial charge in [0.1, 0.15) is 0 Å². The molecule has 11 heavy (non-hydrogen) atoms. The zero-order valence-corrected chi connectivity index (χ0v) is 4.87. The molecule has 0 aromatic carbocycles. The SMILES string of the molecule is CCC(=O)O.O=C(O)O.[CaH2].[CaH2]. The summed E-state index contributed by atoms with van der Waals surface area (Å²) in [6, 6.07) is 0. The number of carboxylic acids is 1. The Morgan fingerprint density at radius 1 is 1.09 bits per heavy atom. The second-order valence-electron chi connectivity index (χ2n) is 1.03. The summed E-state index contributed by atoms with van der Waals surface area (Å²) in [4.78, 5) is 17.9. The van der Waals surface area contributed by atoms with Crippen LogP contribution in [-0.4, -0.2) is 103 Å². The Bertz CT molecular complexity index is 101. The molecule has 7 heteroatoms. The molecule has 3 N–H and O–H groups in total. The van der Waals surface area contributed by atoms with E-state index < -0.39 is 12.1 Å². The first-order chi connectivity index (χ1) is 4.00. The molecule has 0 aromatic rings. The molecule has 0 unspecified atom stereocenters. The Morgan fingerprint density at radius 2 is 1.18 bits per heavy atom. The molecule has 0 bridgehead atoms. The predicted octanol–water partition coefficient (Wildman–Crippen LogP) is -1.13. The van der Waals surface area contributed by atoms with Crippen LogP contribution in [0.3, 0.4) is 0 Å². The van der Waals surface area contributed by atoms with Crippen LogP contribution in [0.1, 0.15) is 13.3 Å². The third-order valence-corrected chi connectivity index (χ3v) is 0.302. The van der Waals surface area contributed by atoms with Gasteiger partial charge in [0.15, 0.2) is 0 Å². The molecule has 0 aliphatic carbocycles. The van der Waals surface area contributed by atoms with Crippen molar-refractivity contribution in [2.45, 2.75) is 13.3 Å². The van der Waals surface area contributed by atoms with Crippen LogP contribution in [0.4, 0.5) is 4.79 Å². The molecule has 0 rings (SSSR count). The number of aliphatic carboxylic acids is 1. The fraction of sp³-hybridized carbons (Fsp3) is 0.500. The summed E-state index contributed by atoms with van der Waals surface area (Å²) < 4.78 is 0. The van der Waals surface area contributed by atoms with Crippen LogP contribution in [0.5, 0.6) is 0 Å². The van der Waals surface area contributed by atoms with Crippen molar-refractivity contribution in [1.29, 1.82) is 0 Å². The summed E-state index contributed by atoms with van der Waals surface area (Å²) in [5, 5.41) is 21.7. The van der Waals surface area contributed by atoms with Crippen LogP contribution >= 0.6 is 0 Å². The van der Waals surface area contributed by atoms with E-state index in [0.717, 1.165) is 0 Å². The molecule has 0 spiro atoms. The van der Waals surface area contributed by atoms with Crippen molar-refractivity contribution in [3.05, 3.63) is 0 Å².